The molecule has 1 N–H and O–H groups in total. The minimum atomic E-state index is -0.177. The van der Waals surface area contributed by atoms with Gasteiger partial charge in [0, 0.05) is 23.8 Å². The van der Waals surface area contributed by atoms with E-state index in [0.29, 0.717) is 12.1 Å². The van der Waals surface area contributed by atoms with Crippen molar-refractivity contribution in [1.82, 2.24) is 5.32 Å². The first kappa shape index (κ1) is 15.5. The molecule has 0 aromatic heterocycles. The van der Waals surface area contributed by atoms with Gasteiger partial charge in [-0.2, -0.15) is 0 Å². The molecule has 1 rings (SSSR count). The van der Waals surface area contributed by atoms with Gasteiger partial charge in [0.15, 0.2) is 0 Å². The molecule has 0 amide bonds. The lowest BCUT2D eigenvalue weighted by Gasteiger charge is -2.26. The van der Waals surface area contributed by atoms with Crippen LogP contribution >= 0.6 is 0 Å². The molecular formula is C16H23FN2. The molecule has 0 saturated carbocycles. The van der Waals surface area contributed by atoms with Crippen molar-refractivity contribution in [1.29, 1.82) is 0 Å². The van der Waals surface area contributed by atoms with Crippen molar-refractivity contribution in [2.45, 2.75) is 33.2 Å². The lowest BCUT2D eigenvalue weighted by Crippen LogP contribution is -2.28. The van der Waals surface area contributed by atoms with E-state index in [1.807, 2.05) is 24.8 Å². The van der Waals surface area contributed by atoms with Crippen LogP contribution in [-0.2, 0) is 0 Å². The second kappa shape index (κ2) is 7.81. The summed E-state index contributed by atoms with van der Waals surface area (Å²) in [6.07, 6.45) is 6.41. The summed E-state index contributed by atoms with van der Waals surface area (Å²) in [5, 5.41) is 3.33. The van der Waals surface area contributed by atoms with Gasteiger partial charge < -0.3 is 10.2 Å². The van der Waals surface area contributed by atoms with Crippen molar-refractivity contribution in [2.75, 3.05) is 24.5 Å². The number of nitrogens with one attached hydrogen (secondary N) is 1. The highest BCUT2D eigenvalue weighted by atomic mass is 19.1. The Kier molecular flexibility index (Phi) is 6.38. The van der Waals surface area contributed by atoms with Gasteiger partial charge in [-0.05, 0) is 38.9 Å². The Morgan fingerprint density at radius 1 is 1.42 bits per heavy atom. The summed E-state index contributed by atoms with van der Waals surface area (Å²) >= 11 is 0. The molecule has 19 heavy (non-hydrogen) atoms. The van der Waals surface area contributed by atoms with Gasteiger partial charge in [0.2, 0.25) is 0 Å². The highest BCUT2D eigenvalue weighted by molar-refractivity contribution is 5.56. The summed E-state index contributed by atoms with van der Waals surface area (Å²) < 4.78 is 14.1. The van der Waals surface area contributed by atoms with E-state index in [2.05, 4.69) is 18.2 Å². The fourth-order valence-corrected chi connectivity index (χ4v) is 2.17. The van der Waals surface area contributed by atoms with E-state index in [1.54, 1.807) is 6.07 Å². The van der Waals surface area contributed by atoms with Crippen LogP contribution in [0.25, 0.3) is 0 Å². The predicted molar refractivity (Wildman–Crippen MR) is 79.8 cm³/mol. The molecule has 2 nitrogen and oxygen atoms in total. The largest absolute Gasteiger partial charge is 0.360 e. The van der Waals surface area contributed by atoms with Crippen LogP contribution in [0, 0.1) is 18.2 Å². The van der Waals surface area contributed by atoms with E-state index < -0.39 is 0 Å². The van der Waals surface area contributed by atoms with Crippen LogP contribution in [0.3, 0.4) is 0 Å². The molecular weight excluding hydrogens is 239 g/mol. The fraction of sp³-hybridized carbons (Fsp3) is 0.500. The highest BCUT2D eigenvalue weighted by Crippen LogP contribution is 2.28. The summed E-state index contributed by atoms with van der Waals surface area (Å²) in [6, 6.07) is 5.15. The topological polar surface area (TPSA) is 15.3 Å². The van der Waals surface area contributed by atoms with Gasteiger partial charge in [0.05, 0.1) is 6.54 Å². The van der Waals surface area contributed by atoms with Gasteiger partial charge in [0.1, 0.15) is 5.82 Å². The maximum atomic E-state index is 14.1. The number of halogens is 1. The number of terminal acetylenes is 1. The summed E-state index contributed by atoms with van der Waals surface area (Å²) in [6.45, 7) is 8.24. The first-order valence-electron chi connectivity index (χ1n) is 6.85. The zero-order valence-corrected chi connectivity index (χ0v) is 12.0. The van der Waals surface area contributed by atoms with Crippen LogP contribution in [0.1, 0.15) is 38.8 Å². The monoisotopic (exact) mass is 262 g/mol. The number of hydrogen-bond donors (Lipinski definition) is 1. The van der Waals surface area contributed by atoms with Gasteiger partial charge in [0.25, 0.3) is 0 Å². The first-order valence-corrected chi connectivity index (χ1v) is 6.85. The van der Waals surface area contributed by atoms with Crippen LogP contribution < -0.4 is 10.2 Å². The van der Waals surface area contributed by atoms with Gasteiger partial charge in [-0.1, -0.05) is 18.9 Å². The molecule has 0 aliphatic carbocycles. The number of rotatable bonds is 7. The van der Waals surface area contributed by atoms with Crippen molar-refractivity contribution in [3.63, 3.8) is 0 Å². The summed E-state index contributed by atoms with van der Waals surface area (Å²) in [5.41, 5.74) is 1.59. The molecule has 0 heterocycles. The third kappa shape index (κ3) is 3.97. The molecule has 1 aromatic carbocycles. The number of nitrogens with zero attached hydrogens (tertiary/aromatic N) is 1. The molecule has 1 atom stereocenters. The van der Waals surface area contributed by atoms with Crippen LogP contribution in [0.2, 0.25) is 0 Å². The van der Waals surface area contributed by atoms with Gasteiger partial charge in [-0.25, -0.2) is 4.39 Å². The molecule has 0 bridgehead atoms. The average Bonchev–Trinajstić information content (AvgIpc) is 2.41. The van der Waals surface area contributed by atoms with E-state index in [-0.39, 0.29) is 11.9 Å². The second-order valence-electron chi connectivity index (χ2n) is 4.57. The van der Waals surface area contributed by atoms with Crippen molar-refractivity contribution in [3.8, 4) is 12.3 Å². The van der Waals surface area contributed by atoms with E-state index in [0.717, 1.165) is 25.2 Å². The van der Waals surface area contributed by atoms with Crippen LogP contribution in [0.15, 0.2) is 18.2 Å². The SMILES string of the molecule is C#CCN(CC)c1cccc(F)c1C(C)NCCC. The van der Waals surface area contributed by atoms with Crippen molar-refractivity contribution in [3.05, 3.63) is 29.6 Å². The number of anilines is 1. The van der Waals surface area contributed by atoms with Gasteiger partial charge in [-0.3, -0.25) is 0 Å². The smallest absolute Gasteiger partial charge is 0.130 e. The zero-order chi connectivity index (χ0) is 14.3. The molecule has 0 radical (unpaired) electrons. The quantitative estimate of drug-likeness (QED) is 0.758. The molecule has 0 fully saturated rings. The van der Waals surface area contributed by atoms with Crippen molar-refractivity contribution < 1.29 is 4.39 Å². The third-order valence-corrected chi connectivity index (χ3v) is 3.17. The van der Waals surface area contributed by atoms with Crippen molar-refractivity contribution in [2.24, 2.45) is 0 Å². The average molecular weight is 262 g/mol. The minimum Gasteiger partial charge on any atom is -0.360 e. The molecule has 0 spiro atoms. The third-order valence-electron chi connectivity index (χ3n) is 3.17. The Hall–Kier alpha value is -1.53. The maximum absolute atomic E-state index is 14.1. The molecule has 3 heteroatoms. The van der Waals surface area contributed by atoms with E-state index in [9.17, 15) is 4.39 Å². The Morgan fingerprint density at radius 3 is 2.74 bits per heavy atom. The van der Waals surface area contributed by atoms with Crippen LogP contribution in [-0.4, -0.2) is 19.6 Å². The normalized spacial score (nSPS) is 11.9. The van der Waals surface area contributed by atoms with Gasteiger partial charge >= 0.3 is 0 Å². The lowest BCUT2D eigenvalue weighted by molar-refractivity contribution is 0.527. The van der Waals surface area contributed by atoms with E-state index in [4.69, 9.17) is 6.42 Å². The maximum Gasteiger partial charge on any atom is 0.130 e. The Balaban J connectivity index is 3.10. The molecule has 104 valence electrons. The Bertz CT molecular complexity index is 437. The summed E-state index contributed by atoms with van der Waals surface area (Å²) in [5.74, 6) is 2.45. The van der Waals surface area contributed by atoms with Crippen LogP contribution in [0.5, 0.6) is 0 Å². The fourth-order valence-electron chi connectivity index (χ4n) is 2.17. The van der Waals surface area contributed by atoms with E-state index >= 15 is 0 Å². The molecule has 0 aliphatic rings. The zero-order valence-electron chi connectivity index (χ0n) is 12.0. The summed E-state index contributed by atoms with van der Waals surface area (Å²) in [4.78, 5) is 2.02. The summed E-state index contributed by atoms with van der Waals surface area (Å²) in [7, 11) is 0. The second-order valence-corrected chi connectivity index (χ2v) is 4.57. The van der Waals surface area contributed by atoms with E-state index in [1.165, 1.54) is 6.07 Å². The van der Waals surface area contributed by atoms with Crippen LogP contribution in [0.4, 0.5) is 10.1 Å². The minimum absolute atomic E-state index is 0.0250. The van der Waals surface area contributed by atoms with Gasteiger partial charge in [-0.15, -0.1) is 6.42 Å². The Labute approximate surface area is 116 Å². The standard InChI is InChI=1S/C16H23FN2/c1-5-11-18-13(4)16-14(17)9-8-10-15(16)19(7-3)12-6-2/h2,8-10,13,18H,5,7,11-12H2,1,3-4H3. The van der Waals surface area contributed by atoms with Crippen molar-refractivity contribution >= 4 is 5.69 Å². The number of hydrogen-bond acceptors (Lipinski definition) is 2. The molecule has 1 aromatic rings. The molecule has 1 unspecified atom stereocenters. The molecule has 0 saturated heterocycles. The first-order chi connectivity index (χ1) is 9.15. The predicted octanol–water partition coefficient (Wildman–Crippen LogP) is 3.35. The highest BCUT2D eigenvalue weighted by Gasteiger charge is 2.18. The molecule has 0 aliphatic heterocycles. The Morgan fingerprint density at radius 2 is 2.16 bits per heavy atom. The lowest BCUT2D eigenvalue weighted by atomic mass is 10.0. The number of benzene rings is 1.